The van der Waals surface area contributed by atoms with Gasteiger partial charge in [0.25, 0.3) is 5.69 Å². The molecular formula is C18H15IN2O2. The van der Waals surface area contributed by atoms with Crippen LogP contribution in [0, 0.1) is 19.6 Å². The van der Waals surface area contributed by atoms with Crippen LogP contribution in [0.25, 0.3) is 0 Å². The van der Waals surface area contributed by atoms with Gasteiger partial charge in [0.1, 0.15) is 0 Å². The van der Waals surface area contributed by atoms with Crippen molar-refractivity contribution in [2.75, 3.05) is 5.32 Å². The Kier molecular flexibility index (Phi) is 3.60. The number of rotatable bonds is 2. The average Bonchev–Trinajstić information content (AvgIpc) is 3.04. The fourth-order valence-electron chi connectivity index (χ4n) is 3.79. The summed E-state index contributed by atoms with van der Waals surface area (Å²) in [6.07, 6.45) is 5.40. The maximum absolute atomic E-state index is 11.4. The van der Waals surface area contributed by atoms with Crippen molar-refractivity contribution in [2.45, 2.75) is 18.4 Å². The highest BCUT2D eigenvalue weighted by Crippen LogP contribution is 2.51. The fraction of sp³-hybridized carbons (Fsp3) is 0.222. The normalized spacial score (nSPS) is 24.7. The lowest BCUT2D eigenvalue weighted by atomic mass is 9.77. The number of hydrogen-bond donors (Lipinski definition) is 1. The number of para-hydroxylation sites is 1. The first-order valence-electron chi connectivity index (χ1n) is 7.61. The summed E-state index contributed by atoms with van der Waals surface area (Å²) in [5, 5.41) is 15.0. The predicted molar refractivity (Wildman–Crippen MR) is 98.6 cm³/mol. The molecule has 4 rings (SSSR count). The van der Waals surface area contributed by atoms with Crippen LogP contribution in [0.1, 0.15) is 29.5 Å². The number of nitrogens with one attached hydrogen (secondary N) is 1. The van der Waals surface area contributed by atoms with Crippen molar-refractivity contribution in [3.63, 3.8) is 0 Å². The second-order valence-corrected chi connectivity index (χ2v) is 7.27. The van der Waals surface area contributed by atoms with E-state index in [1.807, 2.05) is 12.1 Å². The molecular weight excluding hydrogens is 403 g/mol. The Morgan fingerprint density at radius 1 is 1.17 bits per heavy atom. The van der Waals surface area contributed by atoms with Crippen LogP contribution >= 0.6 is 22.6 Å². The van der Waals surface area contributed by atoms with E-state index in [1.54, 1.807) is 12.1 Å². The number of nitro groups is 1. The molecule has 3 atom stereocenters. The molecule has 2 aromatic carbocycles. The average molecular weight is 418 g/mol. The number of allylic oxidation sites excluding steroid dienone is 2. The van der Waals surface area contributed by atoms with E-state index in [1.165, 1.54) is 9.13 Å². The lowest BCUT2D eigenvalue weighted by Gasteiger charge is -2.37. The Bertz CT molecular complexity index is 818. The highest BCUT2D eigenvalue weighted by atomic mass is 127. The van der Waals surface area contributed by atoms with Crippen molar-refractivity contribution in [1.82, 2.24) is 0 Å². The Balaban J connectivity index is 1.83. The maximum atomic E-state index is 11.4. The van der Waals surface area contributed by atoms with Crippen LogP contribution in [0.2, 0.25) is 0 Å². The molecule has 2 aliphatic rings. The molecule has 1 N–H and O–H groups in total. The summed E-state index contributed by atoms with van der Waals surface area (Å²) in [4.78, 5) is 11.1. The predicted octanol–water partition coefficient (Wildman–Crippen LogP) is 5.03. The van der Waals surface area contributed by atoms with Crippen LogP contribution in [0.15, 0.2) is 54.6 Å². The van der Waals surface area contributed by atoms with E-state index >= 15 is 0 Å². The van der Waals surface area contributed by atoms with Crippen molar-refractivity contribution in [1.29, 1.82) is 0 Å². The molecule has 0 amide bonds. The van der Waals surface area contributed by atoms with Crippen LogP contribution in [0.4, 0.5) is 11.4 Å². The molecule has 0 saturated heterocycles. The van der Waals surface area contributed by atoms with E-state index in [4.69, 9.17) is 0 Å². The summed E-state index contributed by atoms with van der Waals surface area (Å²) >= 11 is 2.33. The smallest absolute Gasteiger partial charge is 0.274 e. The van der Waals surface area contributed by atoms with Crippen molar-refractivity contribution in [3.05, 3.63) is 79.4 Å². The van der Waals surface area contributed by atoms with E-state index in [-0.39, 0.29) is 16.7 Å². The second kappa shape index (κ2) is 5.63. The van der Waals surface area contributed by atoms with Crippen LogP contribution in [-0.4, -0.2) is 4.92 Å². The minimum atomic E-state index is -0.280. The minimum Gasteiger partial charge on any atom is -0.377 e. The van der Waals surface area contributed by atoms with Gasteiger partial charge in [0, 0.05) is 21.2 Å². The summed E-state index contributed by atoms with van der Waals surface area (Å²) in [6.45, 7) is 0. The number of nitro benzene ring substituents is 1. The summed E-state index contributed by atoms with van der Waals surface area (Å²) < 4.78 is 1.21. The van der Waals surface area contributed by atoms with Crippen molar-refractivity contribution < 1.29 is 4.92 Å². The van der Waals surface area contributed by atoms with Crippen LogP contribution in [0.3, 0.4) is 0 Å². The fourth-order valence-corrected chi connectivity index (χ4v) is 4.31. The minimum absolute atomic E-state index is 0.0378. The summed E-state index contributed by atoms with van der Waals surface area (Å²) in [5.74, 6) is 0.646. The van der Waals surface area contributed by atoms with Gasteiger partial charge in [0.2, 0.25) is 0 Å². The lowest BCUT2D eigenvalue weighted by Crippen LogP contribution is -2.29. The van der Waals surface area contributed by atoms with Gasteiger partial charge < -0.3 is 5.32 Å². The maximum Gasteiger partial charge on any atom is 0.274 e. The number of anilines is 1. The molecule has 1 aliphatic heterocycles. The summed E-state index contributed by atoms with van der Waals surface area (Å²) in [5.41, 5.74) is 3.36. The first-order valence-corrected chi connectivity index (χ1v) is 8.69. The molecule has 23 heavy (non-hydrogen) atoms. The molecule has 5 heteroatoms. The van der Waals surface area contributed by atoms with Gasteiger partial charge in [-0.1, -0.05) is 30.4 Å². The molecule has 0 saturated carbocycles. The monoisotopic (exact) mass is 418 g/mol. The van der Waals surface area contributed by atoms with Crippen LogP contribution < -0.4 is 5.32 Å². The van der Waals surface area contributed by atoms with Crippen LogP contribution in [-0.2, 0) is 0 Å². The molecule has 0 bridgehead atoms. The van der Waals surface area contributed by atoms with Gasteiger partial charge in [0.15, 0.2) is 0 Å². The Morgan fingerprint density at radius 2 is 2.00 bits per heavy atom. The Morgan fingerprint density at radius 3 is 2.83 bits per heavy atom. The molecule has 0 spiro atoms. The van der Waals surface area contributed by atoms with E-state index < -0.39 is 0 Å². The standard InChI is InChI=1S/C18H15IN2O2/c19-11-8-9-16-15(10-11)12-5-3-6-13(12)18(20-16)14-4-1-2-7-17(14)21(22)23/h1-5,7-10,12-13,18,20H,6H2/t12-,13-,18+/m0/s1. The molecule has 0 fully saturated rings. The quantitative estimate of drug-likeness (QED) is 0.322. The number of benzene rings is 2. The second-order valence-electron chi connectivity index (χ2n) is 6.02. The molecule has 116 valence electrons. The van der Waals surface area contributed by atoms with E-state index in [0.717, 1.165) is 17.7 Å². The zero-order chi connectivity index (χ0) is 16.0. The largest absolute Gasteiger partial charge is 0.377 e. The van der Waals surface area contributed by atoms with Gasteiger partial charge in [-0.3, -0.25) is 10.1 Å². The Hall–Kier alpha value is -1.89. The molecule has 0 radical (unpaired) electrons. The topological polar surface area (TPSA) is 55.2 Å². The van der Waals surface area contributed by atoms with Gasteiger partial charge in [0.05, 0.1) is 16.5 Å². The number of hydrogen-bond acceptors (Lipinski definition) is 3. The molecule has 1 aliphatic carbocycles. The first-order chi connectivity index (χ1) is 11.1. The van der Waals surface area contributed by atoms with Gasteiger partial charge in [-0.05, 0) is 58.7 Å². The third-order valence-electron chi connectivity index (χ3n) is 4.79. The molecule has 1 heterocycles. The SMILES string of the molecule is O=[N+]([O-])c1ccccc1[C@@H]1Nc2ccc(I)cc2[C@H]2C=CC[C@@H]21. The molecule has 2 aromatic rings. The van der Waals surface area contributed by atoms with Gasteiger partial charge in [-0.25, -0.2) is 0 Å². The van der Waals surface area contributed by atoms with E-state index in [0.29, 0.717) is 11.8 Å². The van der Waals surface area contributed by atoms with Crippen molar-refractivity contribution >= 4 is 34.0 Å². The zero-order valence-corrected chi connectivity index (χ0v) is 14.4. The number of halogens is 1. The number of fused-ring (bicyclic) bond motifs is 3. The number of nitrogens with zero attached hydrogens (tertiary/aromatic N) is 1. The zero-order valence-electron chi connectivity index (χ0n) is 12.3. The Labute approximate surface area is 147 Å². The lowest BCUT2D eigenvalue weighted by molar-refractivity contribution is -0.385. The van der Waals surface area contributed by atoms with E-state index in [2.05, 4.69) is 58.3 Å². The van der Waals surface area contributed by atoms with Crippen LogP contribution in [0.5, 0.6) is 0 Å². The molecule has 4 nitrogen and oxygen atoms in total. The highest BCUT2D eigenvalue weighted by molar-refractivity contribution is 14.1. The van der Waals surface area contributed by atoms with Gasteiger partial charge in [-0.2, -0.15) is 0 Å². The van der Waals surface area contributed by atoms with Crippen molar-refractivity contribution in [2.24, 2.45) is 5.92 Å². The van der Waals surface area contributed by atoms with E-state index in [9.17, 15) is 10.1 Å². The summed E-state index contributed by atoms with van der Waals surface area (Å²) in [6, 6.07) is 13.4. The summed E-state index contributed by atoms with van der Waals surface area (Å²) in [7, 11) is 0. The third kappa shape index (κ3) is 2.43. The third-order valence-corrected chi connectivity index (χ3v) is 5.46. The van der Waals surface area contributed by atoms with Gasteiger partial charge >= 0.3 is 0 Å². The van der Waals surface area contributed by atoms with Gasteiger partial charge in [-0.15, -0.1) is 0 Å². The van der Waals surface area contributed by atoms with Crippen molar-refractivity contribution in [3.8, 4) is 0 Å². The first kappa shape index (κ1) is 14.7. The molecule has 0 unspecified atom stereocenters. The highest BCUT2D eigenvalue weighted by Gasteiger charge is 2.40. The molecule has 0 aromatic heterocycles.